The van der Waals surface area contributed by atoms with Crippen LogP contribution in [0.3, 0.4) is 0 Å². The summed E-state index contributed by atoms with van der Waals surface area (Å²) in [4.78, 5) is 19.7. The second-order valence-corrected chi connectivity index (χ2v) is 5.96. The molecule has 1 aliphatic rings. The average molecular weight is 307 g/mol. The van der Waals surface area contributed by atoms with Gasteiger partial charge in [-0.25, -0.2) is 4.98 Å². The highest BCUT2D eigenvalue weighted by molar-refractivity contribution is 5.67. The van der Waals surface area contributed by atoms with Crippen molar-refractivity contribution in [1.29, 1.82) is 0 Å². The summed E-state index contributed by atoms with van der Waals surface area (Å²) < 4.78 is 5.35. The predicted octanol–water partition coefficient (Wildman–Crippen LogP) is 1.86. The molecule has 0 amide bonds. The number of carboxylic acids is 1. The zero-order valence-corrected chi connectivity index (χ0v) is 13.4. The number of aliphatic carboxylic acids is 1. The highest BCUT2D eigenvalue weighted by Gasteiger charge is 2.14. The van der Waals surface area contributed by atoms with Gasteiger partial charge in [-0.2, -0.15) is 0 Å². The Kier molecular flexibility index (Phi) is 6.00. The van der Waals surface area contributed by atoms with Crippen LogP contribution in [0.1, 0.15) is 20.3 Å². The lowest BCUT2D eigenvalue weighted by Gasteiger charge is -2.29. The van der Waals surface area contributed by atoms with Crippen molar-refractivity contribution in [1.82, 2.24) is 4.98 Å². The third-order valence-corrected chi connectivity index (χ3v) is 3.61. The number of hydrogen-bond donors (Lipinski definition) is 1. The number of carboxylic acid groups (broad SMARTS) is 1. The Labute approximate surface area is 131 Å². The molecule has 1 aliphatic heterocycles. The normalized spacial score (nSPS) is 15.1. The van der Waals surface area contributed by atoms with Gasteiger partial charge in [0, 0.05) is 26.2 Å². The molecule has 2 heterocycles. The van der Waals surface area contributed by atoms with Crippen LogP contribution in [0.4, 0.5) is 11.5 Å². The SMILES string of the molecule is CC(C)CN(CCC(=O)O)c1ccc(N2CCOCC2)nc1. The second kappa shape index (κ2) is 7.98. The minimum absolute atomic E-state index is 0.137. The number of aromatic nitrogens is 1. The van der Waals surface area contributed by atoms with E-state index in [1.54, 1.807) is 0 Å². The van der Waals surface area contributed by atoms with Crippen molar-refractivity contribution < 1.29 is 14.6 Å². The topological polar surface area (TPSA) is 65.9 Å². The van der Waals surface area contributed by atoms with Crippen LogP contribution in [0.15, 0.2) is 18.3 Å². The van der Waals surface area contributed by atoms with E-state index in [-0.39, 0.29) is 6.42 Å². The van der Waals surface area contributed by atoms with Crippen LogP contribution < -0.4 is 9.80 Å². The predicted molar refractivity (Wildman–Crippen MR) is 86.6 cm³/mol. The van der Waals surface area contributed by atoms with E-state index in [9.17, 15) is 4.79 Å². The molecule has 6 heteroatoms. The summed E-state index contributed by atoms with van der Waals surface area (Å²) in [5.41, 5.74) is 0.979. The fourth-order valence-electron chi connectivity index (χ4n) is 2.54. The Morgan fingerprint density at radius 3 is 2.68 bits per heavy atom. The van der Waals surface area contributed by atoms with Crippen molar-refractivity contribution >= 4 is 17.5 Å². The monoisotopic (exact) mass is 307 g/mol. The van der Waals surface area contributed by atoms with Crippen LogP contribution in [0.5, 0.6) is 0 Å². The first-order valence-electron chi connectivity index (χ1n) is 7.81. The second-order valence-electron chi connectivity index (χ2n) is 5.96. The summed E-state index contributed by atoms with van der Waals surface area (Å²) in [7, 11) is 0. The van der Waals surface area contributed by atoms with E-state index in [0.29, 0.717) is 12.5 Å². The molecule has 0 radical (unpaired) electrons. The summed E-state index contributed by atoms with van der Waals surface area (Å²) in [6, 6.07) is 4.04. The van der Waals surface area contributed by atoms with Crippen LogP contribution in [0.25, 0.3) is 0 Å². The van der Waals surface area contributed by atoms with Gasteiger partial charge in [-0.05, 0) is 18.1 Å². The smallest absolute Gasteiger partial charge is 0.305 e. The quantitative estimate of drug-likeness (QED) is 0.829. The van der Waals surface area contributed by atoms with E-state index in [2.05, 4.69) is 28.6 Å². The first kappa shape index (κ1) is 16.5. The molecule has 0 unspecified atom stereocenters. The largest absolute Gasteiger partial charge is 0.481 e. The molecule has 2 rings (SSSR count). The molecule has 0 bridgehead atoms. The summed E-state index contributed by atoms with van der Waals surface area (Å²) in [6.45, 7) is 8.79. The minimum Gasteiger partial charge on any atom is -0.481 e. The zero-order chi connectivity index (χ0) is 15.9. The summed E-state index contributed by atoms with van der Waals surface area (Å²) in [5.74, 6) is 0.647. The lowest BCUT2D eigenvalue weighted by Crippen LogP contribution is -2.36. The molecule has 0 saturated carbocycles. The van der Waals surface area contributed by atoms with Gasteiger partial charge < -0.3 is 19.6 Å². The lowest BCUT2D eigenvalue weighted by molar-refractivity contribution is -0.136. The van der Waals surface area contributed by atoms with Gasteiger partial charge in [-0.3, -0.25) is 4.79 Å². The number of pyridine rings is 1. The molecule has 1 aromatic heterocycles. The fraction of sp³-hybridized carbons (Fsp3) is 0.625. The Morgan fingerprint density at radius 1 is 1.41 bits per heavy atom. The molecular weight excluding hydrogens is 282 g/mol. The van der Waals surface area contributed by atoms with Crippen molar-refractivity contribution in [3.8, 4) is 0 Å². The molecule has 1 saturated heterocycles. The van der Waals surface area contributed by atoms with Gasteiger partial charge in [0.15, 0.2) is 0 Å². The molecule has 1 aromatic rings. The Balaban J connectivity index is 2.04. The standard InChI is InChI=1S/C16H25N3O3/c1-13(2)12-19(6-5-16(20)21)14-3-4-15(17-11-14)18-7-9-22-10-8-18/h3-4,11,13H,5-10,12H2,1-2H3,(H,20,21). The van der Waals surface area contributed by atoms with Gasteiger partial charge in [-0.1, -0.05) is 13.8 Å². The third-order valence-electron chi connectivity index (χ3n) is 3.61. The van der Waals surface area contributed by atoms with E-state index in [0.717, 1.165) is 44.4 Å². The van der Waals surface area contributed by atoms with Crippen molar-refractivity contribution in [3.63, 3.8) is 0 Å². The Bertz CT molecular complexity index is 470. The van der Waals surface area contributed by atoms with Crippen LogP contribution in [-0.2, 0) is 9.53 Å². The van der Waals surface area contributed by atoms with Crippen LogP contribution in [-0.4, -0.2) is 55.5 Å². The van der Waals surface area contributed by atoms with E-state index in [1.807, 2.05) is 18.3 Å². The molecular formula is C16H25N3O3. The Morgan fingerprint density at radius 2 is 2.14 bits per heavy atom. The minimum atomic E-state index is -0.772. The molecule has 0 spiro atoms. The van der Waals surface area contributed by atoms with Gasteiger partial charge in [0.1, 0.15) is 5.82 Å². The van der Waals surface area contributed by atoms with Gasteiger partial charge in [0.2, 0.25) is 0 Å². The highest BCUT2D eigenvalue weighted by Crippen LogP contribution is 2.20. The maximum absolute atomic E-state index is 10.8. The first-order valence-corrected chi connectivity index (χ1v) is 7.81. The van der Waals surface area contributed by atoms with Crippen molar-refractivity contribution in [2.75, 3.05) is 49.2 Å². The van der Waals surface area contributed by atoms with Crippen molar-refractivity contribution in [2.45, 2.75) is 20.3 Å². The third kappa shape index (κ3) is 4.87. The highest BCUT2D eigenvalue weighted by atomic mass is 16.5. The first-order chi connectivity index (χ1) is 10.6. The van der Waals surface area contributed by atoms with E-state index < -0.39 is 5.97 Å². The molecule has 0 aromatic carbocycles. The molecule has 1 fully saturated rings. The molecule has 0 aliphatic carbocycles. The molecule has 22 heavy (non-hydrogen) atoms. The van der Waals surface area contributed by atoms with E-state index >= 15 is 0 Å². The number of rotatable bonds is 7. The number of hydrogen-bond acceptors (Lipinski definition) is 5. The average Bonchev–Trinajstić information content (AvgIpc) is 2.52. The summed E-state index contributed by atoms with van der Waals surface area (Å²) in [6.07, 6.45) is 1.98. The van der Waals surface area contributed by atoms with Crippen LogP contribution in [0.2, 0.25) is 0 Å². The maximum Gasteiger partial charge on any atom is 0.305 e. The van der Waals surface area contributed by atoms with Gasteiger partial charge in [0.05, 0.1) is 31.5 Å². The van der Waals surface area contributed by atoms with E-state index in [4.69, 9.17) is 9.84 Å². The number of morpholine rings is 1. The molecule has 1 N–H and O–H groups in total. The number of anilines is 2. The van der Waals surface area contributed by atoms with Gasteiger partial charge in [-0.15, -0.1) is 0 Å². The number of carbonyl (C=O) groups is 1. The van der Waals surface area contributed by atoms with Gasteiger partial charge >= 0.3 is 5.97 Å². The maximum atomic E-state index is 10.8. The number of nitrogens with zero attached hydrogens (tertiary/aromatic N) is 3. The van der Waals surface area contributed by atoms with Crippen molar-refractivity contribution in [3.05, 3.63) is 18.3 Å². The fourth-order valence-corrected chi connectivity index (χ4v) is 2.54. The lowest BCUT2D eigenvalue weighted by atomic mass is 10.2. The van der Waals surface area contributed by atoms with Gasteiger partial charge in [0.25, 0.3) is 0 Å². The molecule has 6 nitrogen and oxygen atoms in total. The summed E-state index contributed by atoms with van der Waals surface area (Å²) in [5, 5.41) is 8.90. The summed E-state index contributed by atoms with van der Waals surface area (Å²) >= 11 is 0. The zero-order valence-electron chi connectivity index (χ0n) is 13.4. The Hall–Kier alpha value is -1.82. The van der Waals surface area contributed by atoms with E-state index in [1.165, 1.54) is 0 Å². The molecule has 0 atom stereocenters. The molecule has 122 valence electrons. The van der Waals surface area contributed by atoms with Crippen LogP contribution >= 0.6 is 0 Å². The number of ether oxygens (including phenoxy) is 1. The van der Waals surface area contributed by atoms with Crippen LogP contribution in [0, 0.1) is 5.92 Å². The van der Waals surface area contributed by atoms with Crippen molar-refractivity contribution in [2.24, 2.45) is 5.92 Å².